The van der Waals surface area contributed by atoms with Crippen molar-refractivity contribution >= 4 is 21.6 Å². The van der Waals surface area contributed by atoms with Crippen LogP contribution in [0.2, 0.25) is 0 Å². The second-order valence-electron chi connectivity index (χ2n) is 7.00. The highest BCUT2D eigenvalue weighted by molar-refractivity contribution is 7.89. The molecule has 0 atom stereocenters. The number of carbonyl (C=O) groups is 1. The van der Waals surface area contributed by atoms with Gasteiger partial charge in [0, 0.05) is 24.2 Å². The summed E-state index contributed by atoms with van der Waals surface area (Å²) in [6, 6.07) is 12.0. The van der Waals surface area contributed by atoms with Gasteiger partial charge in [-0.05, 0) is 50.6 Å². The van der Waals surface area contributed by atoms with Gasteiger partial charge in [-0.2, -0.15) is 9.41 Å². The molecule has 8 heteroatoms. The molecule has 3 rings (SSSR count). The molecule has 0 radical (unpaired) electrons. The highest BCUT2D eigenvalue weighted by Gasteiger charge is 2.26. The molecular formula is C21H25N3O4S. The van der Waals surface area contributed by atoms with Crippen molar-refractivity contribution in [2.24, 2.45) is 5.10 Å². The molecule has 0 bridgehead atoms. The van der Waals surface area contributed by atoms with Gasteiger partial charge in [0.15, 0.2) is 0 Å². The summed E-state index contributed by atoms with van der Waals surface area (Å²) in [4.78, 5) is 12.6. The van der Waals surface area contributed by atoms with E-state index in [0.29, 0.717) is 32.0 Å². The fourth-order valence-corrected chi connectivity index (χ4v) is 4.57. The minimum atomic E-state index is -3.67. The van der Waals surface area contributed by atoms with E-state index < -0.39 is 15.9 Å². The Morgan fingerprint density at radius 3 is 2.55 bits per heavy atom. The normalized spacial score (nSPS) is 15.9. The summed E-state index contributed by atoms with van der Waals surface area (Å²) in [5.41, 5.74) is 6.55. The molecule has 1 N–H and O–H groups in total. The van der Waals surface area contributed by atoms with Crippen LogP contribution in [0.5, 0.6) is 0 Å². The monoisotopic (exact) mass is 415 g/mol. The van der Waals surface area contributed by atoms with Gasteiger partial charge in [0.2, 0.25) is 10.0 Å². The number of hydrogen-bond donors (Lipinski definition) is 1. The maximum absolute atomic E-state index is 12.8. The Labute approximate surface area is 171 Å². The minimum Gasteiger partial charge on any atom is -0.379 e. The van der Waals surface area contributed by atoms with Crippen LogP contribution in [-0.4, -0.2) is 50.6 Å². The minimum absolute atomic E-state index is 0.0854. The van der Waals surface area contributed by atoms with Crippen molar-refractivity contribution in [3.05, 3.63) is 64.7 Å². The van der Waals surface area contributed by atoms with E-state index in [4.69, 9.17) is 4.74 Å². The van der Waals surface area contributed by atoms with Gasteiger partial charge in [-0.1, -0.05) is 23.8 Å². The van der Waals surface area contributed by atoms with E-state index in [2.05, 4.69) is 10.5 Å². The molecule has 1 amide bonds. The Bertz CT molecular complexity index is 1040. The lowest BCUT2D eigenvalue weighted by molar-refractivity contribution is 0.0730. The van der Waals surface area contributed by atoms with Crippen molar-refractivity contribution in [3.8, 4) is 0 Å². The molecule has 7 nitrogen and oxygen atoms in total. The maximum Gasteiger partial charge on any atom is 0.271 e. The SMILES string of the molecule is C/C(=N/NC(=O)c1cccc(S(=O)(=O)N2CCOCC2)c1)c1cc(C)ccc1C. The third kappa shape index (κ3) is 4.90. The van der Waals surface area contributed by atoms with Crippen molar-refractivity contribution in [2.75, 3.05) is 26.3 Å². The molecule has 0 saturated carbocycles. The molecule has 0 aromatic heterocycles. The van der Waals surface area contributed by atoms with E-state index in [1.807, 2.05) is 39.0 Å². The zero-order chi connectivity index (χ0) is 21.0. The zero-order valence-corrected chi connectivity index (χ0v) is 17.6. The Morgan fingerprint density at radius 1 is 1.10 bits per heavy atom. The number of amides is 1. The van der Waals surface area contributed by atoms with Crippen molar-refractivity contribution in [1.82, 2.24) is 9.73 Å². The average Bonchev–Trinajstić information content (AvgIpc) is 2.74. The molecule has 1 heterocycles. The van der Waals surface area contributed by atoms with Gasteiger partial charge in [0.1, 0.15) is 0 Å². The van der Waals surface area contributed by atoms with Crippen LogP contribution < -0.4 is 5.43 Å². The van der Waals surface area contributed by atoms with Crippen molar-refractivity contribution in [3.63, 3.8) is 0 Å². The molecule has 0 spiro atoms. The summed E-state index contributed by atoms with van der Waals surface area (Å²) in [5.74, 6) is -0.464. The lowest BCUT2D eigenvalue weighted by Gasteiger charge is -2.26. The average molecular weight is 416 g/mol. The van der Waals surface area contributed by atoms with Gasteiger partial charge in [-0.25, -0.2) is 13.8 Å². The van der Waals surface area contributed by atoms with Crippen molar-refractivity contribution in [2.45, 2.75) is 25.7 Å². The fourth-order valence-electron chi connectivity index (χ4n) is 3.12. The first kappa shape index (κ1) is 21.2. The lowest BCUT2D eigenvalue weighted by atomic mass is 10.0. The van der Waals surface area contributed by atoms with Gasteiger partial charge < -0.3 is 4.74 Å². The lowest BCUT2D eigenvalue weighted by Crippen LogP contribution is -2.40. The fraction of sp³-hybridized carbons (Fsp3) is 0.333. The molecule has 1 saturated heterocycles. The molecule has 154 valence electrons. The maximum atomic E-state index is 12.8. The number of morpholine rings is 1. The number of sulfonamides is 1. The Balaban J connectivity index is 1.78. The Morgan fingerprint density at radius 2 is 1.83 bits per heavy atom. The van der Waals surface area contributed by atoms with Crippen LogP contribution in [0.1, 0.15) is 34.0 Å². The molecule has 1 aliphatic rings. The predicted molar refractivity (Wildman–Crippen MR) is 112 cm³/mol. The number of benzene rings is 2. The third-order valence-corrected chi connectivity index (χ3v) is 6.71. The highest BCUT2D eigenvalue weighted by atomic mass is 32.2. The first-order valence-electron chi connectivity index (χ1n) is 9.39. The zero-order valence-electron chi connectivity index (χ0n) is 16.8. The number of hydrogen-bond acceptors (Lipinski definition) is 5. The quantitative estimate of drug-likeness (QED) is 0.600. The second kappa shape index (κ2) is 8.86. The van der Waals surface area contributed by atoms with Crippen molar-refractivity contribution < 1.29 is 17.9 Å². The number of aryl methyl sites for hydroxylation is 2. The molecule has 1 aliphatic heterocycles. The van der Waals surface area contributed by atoms with Crippen LogP contribution in [-0.2, 0) is 14.8 Å². The summed E-state index contributed by atoms with van der Waals surface area (Å²) in [7, 11) is -3.67. The predicted octanol–water partition coefficient (Wildman–Crippen LogP) is 2.48. The number of carbonyl (C=O) groups excluding carboxylic acids is 1. The summed E-state index contributed by atoms with van der Waals surface area (Å²) in [6.45, 7) is 7.14. The largest absolute Gasteiger partial charge is 0.379 e. The molecule has 2 aromatic carbocycles. The van der Waals surface area contributed by atoms with Gasteiger partial charge in [0.05, 0.1) is 23.8 Å². The number of rotatable bonds is 5. The topological polar surface area (TPSA) is 88.1 Å². The van der Waals surface area contributed by atoms with Crippen LogP contribution in [0, 0.1) is 13.8 Å². The highest BCUT2D eigenvalue weighted by Crippen LogP contribution is 2.18. The summed E-state index contributed by atoms with van der Waals surface area (Å²) in [5, 5.41) is 4.20. The van der Waals surface area contributed by atoms with E-state index in [-0.39, 0.29) is 10.5 Å². The van der Waals surface area contributed by atoms with E-state index in [0.717, 1.165) is 16.7 Å². The first-order chi connectivity index (χ1) is 13.8. The smallest absolute Gasteiger partial charge is 0.271 e. The molecule has 0 unspecified atom stereocenters. The third-order valence-electron chi connectivity index (χ3n) is 4.81. The summed E-state index contributed by atoms with van der Waals surface area (Å²) in [6.07, 6.45) is 0. The molecule has 1 fully saturated rings. The van der Waals surface area contributed by atoms with E-state index in [1.165, 1.54) is 16.4 Å². The Hall–Kier alpha value is -2.55. The van der Waals surface area contributed by atoms with Crippen LogP contribution in [0.15, 0.2) is 52.5 Å². The van der Waals surface area contributed by atoms with Gasteiger partial charge >= 0.3 is 0 Å². The first-order valence-corrected chi connectivity index (χ1v) is 10.8. The van der Waals surface area contributed by atoms with E-state index >= 15 is 0 Å². The van der Waals surface area contributed by atoms with E-state index in [1.54, 1.807) is 12.1 Å². The Kier molecular flexibility index (Phi) is 6.46. The number of nitrogens with one attached hydrogen (secondary N) is 1. The van der Waals surface area contributed by atoms with Crippen molar-refractivity contribution in [1.29, 1.82) is 0 Å². The van der Waals surface area contributed by atoms with E-state index in [9.17, 15) is 13.2 Å². The molecule has 29 heavy (non-hydrogen) atoms. The summed E-state index contributed by atoms with van der Waals surface area (Å²) < 4.78 is 32.2. The van der Waals surface area contributed by atoms with Gasteiger partial charge in [-0.3, -0.25) is 4.79 Å². The number of nitrogens with zero attached hydrogens (tertiary/aromatic N) is 2. The molecular weight excluding hydrogens is 390 g/mol. The standard InChI is InChI=1S/C21H25N3O4S/c1-15-7-8-16(2)20(13-15)17(3)22-23-21(25)18-5-4-6-19(14-18)29(26,27)24-9-11-28-12-10-24/h4-8,13-14H,9-12H2,1-3H3,(H,23,25)/b22-17-. The van der Waals surface area contributed by atoms with Crippen LogP contribution in [0.4, 0.5) is 0 Å². The molecule has 2 aromatic rings. The summed E-state index contributed by atoms with van der Waals surface area (Å²) >= 11 is 0. The van der Waals surface area contributed by atoms with Gasteiger partial charge in [-0.15, -0.1) is 0 Å². The van der Waals surface area contributed by atoms with Crippen LogP contribution in [0.25, 0.3) is 0 Å². The molecule has 0 aliphatic carbocycles. The second-order valence-corrected chi connectivity index (χ2v) is 8.94. The van der Waals surface area contributed by atoms with Crippen LogP contribution >= 0.6 is 0 Å². The van der Waals surface area contributed by atoms with Gasteiger partial charge in [0.25, 0.3) is 5.91 Å². The van der Waals surface area contributed by atoms with Crippen LogP contribution in [0.3, 0.4) is 0 Å². The number of ether oxygens (including phenoxy) is 1. The number of hydrazone groups is 1.